The molecule has 38 heavy (non-hydrogen) atoms. The maximum absolute atomic E-state index is 13.9. The summed E-state index contributed by atoms with van der Waals surface area (Å²) in [5, 5.41) is 2.80. The number of amides is 2. The minimum Gasteiger partial charge on any atom is -0.497 e. The summed E-state index contributed by atoms with van der Waals surface area (Å²) in [6.45, 7) is 5.69. The van der Waals surface area contributed by atoms with Gasteiger partial charge < -0.3 is 15.0 Å². The highest BCUT2D eigenvalue weighted by Crippen LogP contribution is 2.27. The molecular weight excluding hydrogens is 502 g/mol. The number of ether oxygens (including phenoxy) is 1. The second-order valence-electron chi connectivity index (χ2n) is 8.85. The Kier molecular flexibility index (Phi) is 9.90. The molecule has 0 radical (unpaired) electrons. The van der Waals surface area contributed by atoms with Gasteiger partial charge in [0.05, 0.1) is 17.7 Å². The first-order valence-electron chi connectivity index (χ1n) is 12.6. The average Bonchev–Trinajstić information content (AvgIpc) is 2.93. The fourth-order valence-electron chi connectivity index (χ4n) is 4.12. The Bertz CT molecular complexity index is 1330. The van der Waals surface area contributed by atoms with Crippen LogP contribution in [0.15, 0.2) is 83.8 Å². The summed E-state index contributed by atoms with van der Waals surface area (Å²) in [4.78, 5) is 28.4. The molecule has 0 unspecified atom stereocenters. The summed E-state index contributed by atoms with van der Waals surface area (Å²) in [6.07, 6.45) is 0.369. The quantitative estimate of drug-likeness (QED) is 0.375. The number of carbonyl (C=O) groups excluding carboxylic acids is 2. The van der Waals surface area contributed by atoms with Crippen LogP contribution in [0.25, 0.3) is 0 Å². The summed E-state index contributed by atoms with van der Waals surface area (Å²) >= 11 is 0. The number of nitrogens with one attached hydrogen (secondary N) is 1. The Hall–Kier alpha value is -3.85. The Morgan fingerprint density at radius 3 is 2.24 bits per heavy atom. The Morgan fingerprint density at radius 2 is 1.63 bits per heavy atom. The first-order valence-corrected chi connectivity index (χ1v) is 14.0. The predicted molar refractivity (Wildman–Crippen MR) is 148 cm³/mol. The van der Waals surface area contributed by atoms with Crippen molar-refractivity contribution in [1.29, 1.82) is 0 Å². The summed E-state index contributed by atoms with van der Waals surface area (Å²) in [5.74, 6) is -0.325. The lowest BCUT2D eigenvalue weighted by molar-refractivity contribution is -0.140. The van der Waals surface area contributed by atoms with Gasteiger partial charge in [-0.3, -0.25) is 13.9 Å². The molecule has 0 saturated heterocycles. The number of hydrogen-bond donors (Lipinski definition) is 1. The predicted octanol–water partition coefficient (Wildman–Crippen LogP) is 4.14. The van der Waals surface area contributed by atoms with E-state index in [1.54, 1.807) is 42.5 Å². The number of benzene rings is 3. The van der Waals surface area contributed by atoms with Gasteiger partial charge in [-0.15, -0.1) is 0 Å². The van der Waals surface area contributed by atoms with Gasteiger partial charge in [-0.25, -0.2) is 8.42 Å². The third-order valence-electron chi connectivity index (χ3n) is 6.16. The molecule has 3 aromatic carbocycles. The molecule has 0 spiro atoms. The van der Waals surface area contributed by atoms with E-state index < -0.39 is 28.5 Å². The number of aryl methyl sites for hydroxylation is 1. The van der Waals surface area contributed by atoms with Crippen molar-refractivity contribution in [2.45, 2.75) is 44.7 Å². The molecule has 0 aliphatic rings. The van der Waals surface area contributed by atoms with Crippen molar-refractivity contribution in [3.05, 3.63) is 90.0 Å². The van der Waals surface area contributed by atoms with Crippen LogP contribution in [0.5, 0.6) is 5.75 Å². The van der Waals surface area contributed by atoms with Crippen molar-refractivity contribution in [3.63, 3.8) is 0 Å². The van der Waals surface area contributed by atoms with E-state index in [-0.39, 0.29) is 23.0 Å². The minimum atomic E-state index is -4.12. The number of sulfonamides is 1. The van der Waals surface area contributed by atoms with E-state index in [0.717, 1.165) is 15.4 Å². The Balaban J connectivity index is 2.06. The lowest BCUT2D eigenvalue weighted by Gasteiger charge is -2.33. The van der Waals surface area contributed by atoms with Crippen LogP contribution in [0, 0.1) is 6.92 Å². The van der Waals surface area contributed by atoms with Crippen LogP contribution < -0.4 is 14.4 Å². The van der Waals surface area contributed by atoms with E-state index in [4.69, 9.17) is 4.74 Å². The highest BCUT2D eigenvalue weighted by molar-refractivity contribution is 7.92. The summed E-state index contributed by atoms with van der Waals surface area (Å²) in [5.41, 5.74) is 2.19. The first-order chi connectivity index (χ1) is 18.2. The van der Waals surface area contributed by atoms with Crippen LogP contribution in [-0.4, -0.2) is 51.4 Å². The van der Waals surface area contributed by atoms with E-state index in [1.807, 2.05) is 45.0 Å². The molecule has 1 N–H and O–H groups in total. The Morgan fingerprint density at radius 1 is 0.947 bits per heavy atom. The number of anilines is 1. The van der Waals surface area contributed by atoms with E-state index in [2.05, 4.69) is 5.32 Å². The average molecular weight is 538 g/mol. The maximum atomic E-state index is 13.9. The molecule has 0 saturated carbocycles. The van der Waals surface area contributed by atoms with Gasteiger partial charge in [0, 0.05) is 19.2 Å². The molecule has 2 amide bonds. The second-order valence-corrected chi connectivity index (χ2v) is 10.7. The lowest BCUT2D eigenvalue weighted by atomic mass is 10.1. The SMILES string of the molecule is CCNC(=O)[C@@H](CC)N(Cc1ccc(C)cc1)C(=O)CN(c1cccc(OC)c1)S(=O)(=O)c1ccccc1. The van der Waals surface area contributed by atoms with Crippen LogP contribution in [0.1, 0.15) is 31.4 Å². The van der Waals surface area contributed by atoms with E-state index in [9.17, 15) is 18.0 Å². The molecule has 0 bridgehead atoms. The van der Waals surface area contributed by atoms with E-state index >= 15 is 0 Å². The van der Waals surface area contributed by atoms with Crippen molar-refractivity contribution in [3.8, 4) is 5.75 Å². The topological polar surface area (TPSA) is 96.0 Å². The van der Waals surface area contributed by atoms with Gasteiger partial charge in [0.1, 0.15) is 18.3 Å². The first kappa shape index (κ1) is 28.7. The molecule has 0 fully saturated rings. The van der Waals surface area contributed by atoms with Crippen LogP contribution in [0.4, 0.5) is 5.69 Å². The largest absolute Gasteiger partial charge is 0.497 e. The molecular formula is C29H35N3O5S. The zero-order valence-corrected chi connectivity index (χ0v) is 23.1. The molecule has 9 heteroatoms. The minimum absolute atomic E-state index is 0.0523. The number of carbonyl (C=O) groups is 2. The summed E-state index contributed by atoms with van der Waals surface area (Å²) < 4.78 is 34.0. The highest BCUT2D eigenvalue weighted by atomic mass is 32.2. The maximum Gasteiger partial charge on any atom is 0.264 e. The van der Waals surface area contributed by atoms with Crippen LogP contribution in [0.3, 0.4) is 0 Å². The normalized spacial score (nSPS) is 11.9. The molecule has 8 nitrogen and oxygen atoms in total. The number of likely N-dealkylation sites (N-methyl/N-ethyl adjacent to an activating group) is 1. The monoisotopic (exact) mass is 537 g/mol. The number of hydrogen-bond acceptors (Lipinski definition) is 5. The van der Waals surface area contributed by atoms with Gasteiger partial charge in [-0.05, 0) is 50.1 Å². The molecule has 3 rings (SSSR count). The molecule has 0 aliphatic heterocycles. The fraction of sp³-hybridized carbons (Fsp3) is 0.310. The van der Waals surface area contributed by atoms with Crippen molar-refractivity contribution in [2.24, 2.45) is 0 Å². The zero-order valence-electron chi connectivity index (χ0n) is 22.3. The smallest absolute Gasteiger partial charge is 0.264 e. The van der Waals surface area contributed by atoms with Crippen molar-refractivity contribution < 1.29 is 22.7 Å². The van der Waals surface area contributed by atoms with Crippen molar-refractivity contribution in [2.75, 3.05) is 24.5 Å². The molecule has 202 valence electrons. The standard InChI is InChI=1S/C29H35N3O5S/c1-5-27(29(34)30-6-2)31(20-23-17-15-22(3)16-18-23)28(33)21-32(24-11-10-12-25(19-24)37-4)38(35,36)26-13-8-7-9-14-26/h7-19,27H,5-6,20-21H2,1-4H3,(H,30,34)/t27-/m1/s1. The molecule has 3 aromatic rings. The van der Waals surface area contributed by atoms with Crippen LogP contribution in [-0.2, 0) is 26.2 Å². The van der Waals surface area contributed by atoms with Gasteiger partial charge in [-0.2, -0.15) is 0 Å². The van der Waals surface area contributed by atoms with E-state index in [0.29, 0.717) is 18.7 Å². The van der Waals surface area contributed by atoms with Gasteiger partial charge in [0.2, 0.25) is 11.8 Å². The number of methoxy groups -OCH3 is 1. The zero-order chi connectivity index (χ0) is 27.7. The third-order valence-corrected chi connectivity index (χ3v) is 7.95. The van der Waals surface area contributed by atoms with Crippen LogP contribution >= 0.6 is 0 Å². The summed E-state index contributed by atoms with van der Waals surface area (Å²) in [6, 6.07) is 21.4. The highest BCUT2D eigenvalue weighted by Gasteiger charge is 2.33. The third kappa shape index (κ3) is 6.92. The van der Waals surface area contributed by atoms with Gasteiger partial charge in [-0.1, -0.05) is 61.0 Å². The fourth-order valence-corrected chi connectivity index (χ4v) is 5.54. The number of nitrogens with zero attached hydrogens (tertiary/aromatic N) is 2. The Labute approximate surface area is 225 Å². The molecule has 1 atom stereocenters. The molecule has 0 heterocycles. The van der Waals surface area contributed by atoms with Crippen molar-refractivity contribution >= 4 is 27.5 Å². The number of rotatable bonds is 12. The summed E-state index contributed by atoms with van der Waals surface area (Å²) in [7, 11) is -2.63. The molecule has 0 aromatic heterocycles. The van der Waals surface area contributed by atoms with Crippen LogP contribution in [0.2, 0.25) is 0 Å². The van der Waals surface area contributed by atoms with Crippen molar-refractivity contribution in [1.82, 2.24) is 10.2 Å². The second kappa shape index (κ2) is 13.1. The van der Waals surface area contributed by atoms with Gasteiger partial charge in [0.25, 0.3) is 10.0 Å². The van der Waals surface area contributed by atoms with Gasteiger partial charge >= 0.3 is 0 Å². The lowest BCUT2D eigenvalue weighted by Crippen LogP contribution is -2.52. The molecule has 0 aliphatic carbocycles. The van der Waals surface area contributed by atoms with Gasteiger partial charge in [0.15, 0.2) is 0 Å². The van der Waals surface area contributed by atoms with E-state index in [1.165, 1.54) is 24.1 Å².